The fraction of sp³-hybridized carbons (Fsp3) is 0.333. The van der Waals surface area contributed by atoms with Gasteiger partial charge >= 0.3 is 0 Å². The standard InChI is InChI=1S/C15H16N4O3S/c1-10-17-18-13(22-10)9-23-15-16-12-6-3-2-5-11(12)14(21)19(15)7-4-8-20/h2-3,5-6,20H,4,7-9H2,1H3. The summed E-state index contributed by atoms with van der Waals surface area (Å²) in [6.45, 7) is 2.16. The van der Waals surface area contributed by atoms with E-state index in [0.717, 1.165) is 0 Å². The lowest BCUT2D eigenvalue weighted by Gasteiger charge is -2.11. The van der Waals surface area contributed by atoms with E-state index in [1.807, 2.05) is 18.2 Å². The van der Waals surface area contributed by atoms with Gasteiger partial charge in [-0.1, -0.05) is 23.9 Å². The number of rotatable bonds is 6. The molecule has 2 aromatic heterocycles. The average molecular weight is 332 g/mol. The van der Waals surface area contributed by atoms with E-state index in [-0.39, 0.29) is 12.2 Å². The molecule has 0 atom stereocenters. The van der Waals surface area contributed by atoms with E-state index in [1.165, 1.54) is 11.8 Å². The van der Waals surface area contributed by atoms with Gasteiger partial charge in [-0.2, -0.15) is 0 Å². The van der Waals surface area contributed by atoms with Crippen molar-refractivity contribution in [2.75, 3.05) is 6.61 Å². The van der Waals surface area contributed by atoms with Gasteiger partial charge in [-0.25, -0.2) is 4.98 Å². The molecule has 1 N–H and O–H groups in total. The van der Waals surface area contributed by atoms with Gasteiger partial charge in [0.2, 0.25) is 11.8 Å². The number of aryl methyl sites for hydroxylation is 1. The zero-order valence-corrected chi connectivity index (χ0v) is 13.4. The average Bonchev–Trinajstić information content (AvgIpc) is 2.98. The molecule has 7 nitrogen and oxygen atoms in total. The third kappa shape index (κ3) is 3.43. The molecule has 0 aliphatic carbocycles. The Balaban J connectivity index is 1.97. The Labute approximate surface area is 136 Å². The zero-order valence-electron chi connectivity index (χ0n) is 12.6. The second kappa shape index (κ2) is 6.93. The van der Waals surface area contributed by atoms with Gasteiger partial charge in [0.1, 0.15) is 0 Å². The molecule has 120 valence electrons. The number of thioether (sulfide) groups is 1. The van der Waals surface area contributed by atoms with Crippen molar-refractivity contribution in [1.82, 2.24) is 19.7 Å². The van der Waals surface area contributed by atoms with Crippen LogP contribution in [0.4, 0.5) is 0 Å². The van der Waals surface area contributed by atoms with Crippen LogP contribution in [-0.2, 0) is 12.3 Å². The molecule has 0 unspecified atom stereocenters. The highest BCUT2D eigenvalue weighted by Crippen LogP contribution is 2.21. The van der Waals surface area contributed by atoms with Crippen molar-refractivity contribution < 1.29 is 9.52 Å². The molecule has 8 heteroatoms. The molecular weight excluding hydrogens is 316 g/mol. The number of fused-ring (bicyclic) bond motifs is 1. The van der Waals surface area contributed by atoms with Crippen LogP contribution in [0.5, 0.6) is 0 Å². The minimum Gasteiger partial charge on any atom is -0.425 e. The van der Waals surface area contributed by atoms with Crippen molar-refractivity contribution in [2.24, 2.45) is 0 Å². The first kappa shape index (κ1) is 15.7. The molecule has 0 saturated heterocycles. The molecule has 0 aliphatic heterocycles. The molecule has 0 amide bonds. The van der Waals surface area contributed by atoms with E-state index in [9.17, 15) is 4.79 Å². The van der Waals surface area contributed by atoms with Crippen LogP contribution < -0.4 is 5.56 Å². The minimum absolute atomic E-state index is 0.0201. The van der Waals surface area contributed by atoms with Crippen molar-refractivity contribution in [3.05, 3.63) is 46.4 Å². The number of aliphatic hydroxyl groups excluding tert-OH is 1. The van der Waals surface area contributed by atoms with Gasteiger partial charge in [0.05, 0.1) is 16.7 Å². The highest BCUT2D eigenvalue weighted by Gasteiger charge is 2.13. The summed E-state index contributed by atoms with van der Waals surface area (Å²) in [5.74, 6) is 1.43. The molecule has 1 aromatic carbocycles. The SMILES string of the molecule is Cc1nnc(CSc2nc3ccccc3c(=O)n2CCCO)o1. The molecule has 0 spiro atoms. The van der Waals surface area contributed by atoms with Crippen molar-refractivity contribution >= 4 is 22.7 Å². The molecule has 0 bridgehead atoms. The fourth-order valence-electron chi connectivity index (χ4n) is 2.21. The molecule has 0 saturated carbocycles. The number of nitrogens with zero attached hydrogens (tertiary/aromatic N) is 4. The van der Waals surface area contributed by atoms with Crippen LogP contribution in [0.15, 0.2) is 38.6 Å². The van der Waals surface area contributed by atoms with E-state index in [1.54, 1.807) is 17.6 Å². The number of hydrogen-bond donors (Lipinski definition) is 1. The topological polar surface area (TPSA) is 94.0 Å². The van der Waals surface area contributed by atoms with Crippen molar-refractivity contribution in [3.63, 3.8) is 0 Å². The summed E-state index contributed by atoms with van der Waals surface area (Å²) < 4.78 is 6.94. The Morgan fingerprint density at radius 2 is 2.13 bits per heavy atom. The third-order valence-electron chi connectivity index (χ3n) is 3.26. The minimum atomic E-state index is -0.103. The van der Waals surface area contributed by atoms with Crippen LogP contribution in [-0.4, -0.2) is 31.5 Å². The maximum Gasteiger partial charge on any atom is 0.262 e. The maximum absolute atomic E-state index is 12.6. The predicted molar refractivity (Wildman–Crippen MR) is 86.3 cm³/mol. The van der Waals surface area contributed by atoms with Gasteiger partial charge in [0.15, 0.2) is 5.16 Å². The van der Waals surface area contributed by atoms with Crippen molar-refractivity contribution in [3.8, 4) is 0 Å². The summed E-state index contributed by atoms with van der Waals surface area (Å²) in [5.41, 5.74) is 0.551. The summed E-state index contributed by atoms with van der Waals surface area (Å²) in [7, 11) is 0. The Hall–Kier alpha value is -2.19. The fourth-order valence-corrected chi connectivity index (χ4v) is 3.07. The lowest BCUT2D eigenvalue weighted by atomic mass is 10.2. The van der Waals surface area contributed by atoms with E-state index in [4.69, 9.17) is 9.52 Å². The highest BCUT2D eigenvalue weighted by molar-refractivity contribution is 7.98. The first-order valence-electron chi connectivity index (χ1n) is 7.21. The Morgan fingerprint density at radius 3 is 2.87 bits per heavy atom. The lowest BCUT2D eigenvalue weighted by Crippen LogP contribution is -2.24. The summed E-state index contributed by atoms with van der Waals surface area (Å²) in [5, 5.41) is 17.9. The summed E-state index contributed by atoms with van der Waals surface area (Å²) in [6.07, 6.45) is 0.493. The number of aromatic nitrogens is 4. The highest BCUT2D eigenvalue weighted by atomic mass is 32.2. The monoisotopic (exact) mass is 332 g/mol. The lowest BCUT2D eigenvalue weighted by molar-refractivity contribution is 0.276. The summed E-state index contributed by atoms with van der Waals surface area (Å²) in [4.78, 5) is 17.2. The van der Waals surface area contributed by atoms with E-state index in [2.05, 4.69) is 15.2 Å². The maximum atomic E-state index is 12.6. The molecule has 0 fully saturated rings. The molecule has 0 radical (unpaired) electrons. The van der Waals surface area contributed by atoms with Gasteiger partial charge in [-0.15, -0.1) is 10.2 Å². The van der Waals surface area contributed by atoms with E-state index in [0.29, 0.717) is 46.6 Å². The van der Waals surface area contributed by atoms with Crippen LogP contribution in [0.25, 0.3) is 10.9 Å². The summed E-state index contributed by atoms with van der Waals surface area (Å²) >= 11 is 1.37. The van der Waals surface area contributed by atoms with Gasteiger partial charge in [0.25, 0.3) is 5.56 Å². The van der Waals surface area contributed by atoms with Gasteiger partial charge in [0, 0.05) is 20.1 Å². The van der Waals surface area contributed by atoms with Crippen molar-refractivity contribution in [1.29, 1.82) is 0 Å². The van der Waals surface area contributed by atoms with Crippen LogP contribution in [0.2, 0.25) is 0 Å². The molecule has 0 aliphatic rings. The number of para-hydroxylation sites is 1. The quantitative estimate of drug-likeness (QED) is 0.543. The van der Waals surface area contributed by atoms with Gasteiger partial charge < -0.3 is 9.52 Å². The summed E-state index contributed by atoms with van der Waals surface area (Å²) in [6, 6.07) is 7.24. The Morgan fingerprint density at radius 1 is 1.30 bits per heavy atom. The van der Waals surface area contributed by atoms with Crippen LogP contribution in [0, 0.1) is 6.92 Å². The van der Waals surface area contributed by atoms with Crippen molar-refractivity contribution in [2.45, 2.75) is 30.8 Å². The van der Waals surface area contributed by atoms with Gasteiger partial charge in [-0.05, 0) is 18.6 Å². The number of benzene rings is 1. The molecule has 23 heavy (non-hydrogen) atoms. The number of aliphatic hydroxyl groups is 1. The molecular formula is C15H16N4O3S. The normalized spacial score (nSPS) is 11.2. The van der Waals surface area contributed by atoms with Gasteiger partial charge in [-0.3, -0.25) is 9.36 Å². The Kier molecular flexibility index (Phi) is 4.73. The number of hydrogen-bond acceptors (Lipinski definition) is 7. The van der Waals surface area contributed by atoms with E-state index >= 15 is 0 Å². The predicted octanol–water partition coefficient (Wildman–Crippen LogP) is 1.76. The third-order valence-corrected chi connectivity index (χ3v) is 4.22. The first-order chi connectivity index (χ1) is 11.2. The Bertz CT molecular complexity index is 875. The largest absolute Gasteiger partial charge is 0.425 e. The smallest absolute Gasteiger partial charge is 0.262 e. The first-order valence-corrected chi connectivity index (χ1v) is 8.20. The molecule has 3 rings (SSSR count). The van der Waals surface area contributed by atoms with Crippen LogP contribution in [0.1, 0.15) is 18.2 Å². The molecule has 3 aromatic rings. The zero-order chi connectivity index (χ0) is 16.2. The molecule has 2 heterocycles. The second-order valence-corrected chi connectivity index (χ2v) is 5.89. The van der Waals surface area contributed by atoms with E-state index < -0.39 is 0 Å². The van der Waals surface area contributed by atoms with Crippen LogP contribution >= 0.6 is 11.8 Å². The van der Waals surface area contributed by atoms with Crippen LogP contribution in [0.3, 0.4) is 0 Å². The second-order valence-electron chi connectivity index (χ2n) is 4.95.